The highest BCUT2D eigenvalue weighted by atomic mass is 32.2. The number of aromatic nitrogens is 1. The van der Waals surface area contributed by atoms with E-state index >= 15 is 0 Å². The van der Waals surface area contributed by atoms with Crippen LogP contribution in [-0.2, 0) is 46.1 Å². The van der Waals surface area contributed by atoms with Gasteiger partial charge in [-0.1, -0.05) is 53.7 Å². The van der Waals surface area contributed by atoms with Gasteiger partial charge in [-0.05, 0) is 45.6 Å². The summed E-state index contributed by atoms with van der Waals surface area (Å²) in [5, 5.41) is 11.6. The van der Waals surface area contributed by atoms with Crippen LogP contribution >= 0.6 is 0 Å². The number of hydrogen-bond acceptors (Lipinski definition) is 3. The van der Waals surface area contributed by atoms with Gasteiger partial charge in [-0.2, -0.15) is 0 Å². The Morgan fingerprint density at radius 1 is 0.931 bits per heavy atom. The lowest BCUT2D eigenvalue weighted by Gasteiger charge is -2.28. The van der Waals surface area contributed by atoms with Crippen molar-refractivity contribution in [2.24, 2.45) is 0 Å². The van der Waals surface area contributed by atoms with Crippen LogP contribution in [0.25, 0.3) is 0 Å². The lowest BCUT2D eigenvalue weighted by atomic mass is 9.78. The third-order valence-electron chi connectivity index (χ3n) is 5.14. The van der Waals surface area contributed by atoms with E-state index in [2.05, 4.69) is 53.7 Å². The van der Waals surface area contributed by atoms with Gasteiger partial charge in [0.25, 0.3) is 5.03 Å². The predicted octanol–water partition coefficient (Wildman–Crippen LogP) is 4.87. The van der Waals surface area contributed by atoms with E-state index in [9.17, 15) is 14.2 Å². The standard InChI is InChI=1S/C23H35NO3S2/c1-10-24-14-16(20(28(8)26)21(24)29(9)27)11-15-12-17(22(2,3)4)19(25)18(13-15)23(5,6)7/h12-14,25H,10-11H2,1-9H3. The summed E-state index contributed by atoms with van der Waals surface area (Å²) < 4.78 is 26.8. The van der Waals surface area contributed by atoms with Crippen molar-refractivity contribution in [2.45, 2.75) is 82.2 Å². The zero-order chi connectivity index (χ0) is 22.3. The Bertz CT molecular complexity index is 836. The molecular weight excluding hydrogens is 402 g/mol. The van der Waals surface area contributed by atoms with Crippen molar-refractivity contribution < 1.29 is 14.2 Å². The first kappa shape index (κ1) is 24.2. The minimum absolute atomic E-state index is 0.206. The lowest BCUT2D eigenvalue weighted by Crippen LogP contribution is -2.18. The first-order valence-electron chi connectivity index (χ1n) is 9.94. The zero-order valence-electron chi connectivity index (χ0n) is 19.2. The molecule has 0 saturated carbocycles. The fourth-order valence-electron chi connectivity index (χ4n) is 3.70. The number of aryl methyl sites for hydroxylation is 1. The Labute approximate surface area is 182 Å². The molecule has 2 unspecified atom stereocenters. The Morgan fingerprint density at radius 3 is 1.76 bits per heavy atom. The molecule has 6 heteroatoms. The van der Waals surface area contributed by atoms with E-state index in [4.69, 9.17) is 0 Å². The first-order chi connectivity index (χ1) is 13.2. The molecule has 2 aromatic rings. The highest BCUT2D eigenvalue weighted by Crippen LogP contribution is 2.40. The molecule has 0 radical (unpaired) electrons. The summed E-state index contributed by atoms with van der Waals surface area (Å²) in [5.41, 5.74) is 3.40. The third-order valence-corrected chi connectivity index (χ3v) is 7.28. The van der Waals surface area contributed by atoms with Gasteiger partial charge in [-0.15, -0.1) is 0 Å². The van der Waals surface area contributed by atoms with E-state index in [1.165, 1.54) is 0 Å². The van der Waals surface area contributed by atoms with Crippen LogP contribution in [0.15, 0.2) is 28.3 Å². The molecule has 0 bridgehead atoms. The Balaban J connectivity index is 2.69. The van der Waals surface area contributed by atoms with Gasteiger partial charge in [0.05, 0.1) is 0 Å². The van der Waals surface area contributed by atoms with Crippen molar-refractivity contribution in [3.05, 3.63) is 40.6 Å². The minimum Gasteiger partial charge on any atom is -0.611 e. The third kappa shape index (κ3) is 5.16. The molecule has 0 amide bonds. The largest absolute Gasteiger partial charge is 0.611 e. The van der Waals surface area contributed by atoms with Crippen molar-refractivity contribution in [2.75, 3.05) is 12.5 Å². The van der Waals surface area contributed by atoms with Crippen molar-refractivity contribution in [1.29, 1.82) is 0 Å². The van der Waals surface area contributed by atoms with Gasteiger partial charge < -0.3 is 18.8 Å². The molecule has 0 spiro atoms. The quantitative estimate of drug-likeness (QED) is 0.678. The van der Waals surface area contributed by atoms with Gasteiger partial charge in [-0.3, -0.25) is 0 Å². The van der Waals surface area contributed by atoms with Crippen molar-refractivity contribution >= 4 is 22.4 Å². The average Bonchev–Trinajstić information content (AvgIpc) is 2.92. The summed E-state index contributed by atoms with van der Waals surface area (Å²) in [6.07, 6.45) is 5.84. The molecule has 1 aromatic carbocycles. The van der Waals surface area contributed by atoms with E-state index in [1.807, 2.05) is 17.7 Å². The zero-order valence-corrected chi connectivity index (χ0v) is 20.8. The predicted molar refractivity (Wildman–Crippen MR) is 123 cm³/mol. The topological polar surface area (TPSA) is 71.3 Å². The monoisotopic (exact) mass is 437 g/mol. The summed E-state index contributed by atoms with van der Waals surface area (Å²) in [4.78, 5) is 0.676. The summed E-state index contributed by atoms with van der Waals surface area (Å²) in [5.74, 6) is 0.356. The van der Waals surface area contributed by atoms with Gasteiger partial charge in [0.1, 0.15) is 18.3 Å². The molecule has 4 nitrogen and oxygen atoms in total. The Hall–Kier alpha value is -1.08. The fraction of sp³-hybridized carbons (Fsp3) is 0.565. The van der Waals surface area contributed by atoms with Crippen molar-refractivity contribution in [3.8, 4) is 5.75 Å². The summed E-state index contributed by atoms with van der Waals surface area (Å²) in [7, 11) is 0. The molecule has 1 aromatic heterocycles. The van der Waals surface area contributed by atoms with Crippen molar-refractivity contribution in [1.82, 2.24) is 4.57 Å². The van der Waals surface area contributed by atoms with E-state index in [0.717, 1.165) is 22.3 Å². The molecule has 29 heavy (non-hydrogen) atoms. The molecule has 0 aliphatic carbocycles. The molecule has 2 atom stereocenters. The maximum atomic E-state index is 12.5. The number of phenolic OH excluding ortho intramolecular Hbond substituents is 1. The number of benzene rings is 1. The van der Waals surface area contributed by atoms with Gasteiger partial charge >= 0.3 is 0 Å². The molecule has 0 aliphatic rings. The van der Waals surface area contributed by atoms with Crippen LogP contribution in [-0.4, -0.2) is 31.3 Å². The minimum atomic E-state index is -1.24. The van der Waals surface area contributed by atoms with Crippen LogP contribution in [0.5, 0.6) is 5.75 Å². The number of nitrogens with zero attached hydrogens (tertiary/aromatic N) is 1. The molecule has 1 heterocycles. The summed E-state index contributed by atoms with van der Waals surface area (Å²) in [6.45, 7) is 15.2. The van der Waals surface area contributed by atoms with Gasteiger partial charge in [0, 0.05) is 35.9 Å². The second-order valence-corrected chi connectivity index (χ2v) is 12.3. The van der Waals surface area contributed by atoms with Crippen LogP contribution < -0.4 is 0 Å². The molecule has 2 rings (SSSR count). The van der Waals surface area contributed by atoms with Crippen LogP contribution in [0.2, 0.25) is 0 Å². The summed E-state index contributed by atoms with van der Waals surface area (Å²) in [6, 6.07) is 4.11. The van der Waals surface area contributed by atoms with E-state index in [1.54, 1.807) is 12.5 Å². The van der Waals surface area contributed by atoms with Crippen LogP contribution in [0.4, 0.5) is 0 Å². The Morgan fingerprint density at radius 2 is 1.41 bits per heavy atom. The number of aromatic hydroxyl groups is 1. The summed E-state index contributed by atoms with van der Waals surface area (Å²) >= 11 is -2.46. The van der Waals surface area contributed by atoms with E-state index in [0.29, 0.717) is 28.6 Å². The van der Waals surface area contributed by atoms with Crippen LogP contribution in [0.1, 0.15) is 70.7 Å². The smallest absolute Gasteiger partial charge is 0.280 e. The average molecular weight is 438 g/mol. The maximum absolute atomic E-state index is 12.5. The molecule has 0 aliphatic heterocycles. The second kappa shape index (κ2) is 8.58. The molecule has 162 valence electrons. The Kier molecular flexibility index (Phi) is 7.16. The van der Waals surface area contributed by atoms with E-state index in [-0.39, 0.29) is 10.8 Å². The highest BCUT2D eigenvalue weighted by Gasteiger charge is 2.31. The molecule has 1 N–H and O–H groups in total. The van der Waals surface area contributed by atoms with Gasteiger partial charge in [-0.25, -0.2) is 0 Å². The molecular formula is C23H35NO3S2. The first-order valence-corrected chi connectivity index (χ1v) is 13.1. The van der Waals surface area contributed by atoms with Crippen molar-refractivity contribution in [3.63, 3.8) is 0 Å². The number of phenols is 1. The van der Waals surface area contributed by atoms with Crippen LogP contribution in [0, 0.1) is 0 Å². The second-order valence-electron chi connectivity index (χ2n) is 9.70. The normalized spacial score (nSPS) is 14.9. The van der Waals surface area contributed by atoms with E-state index < -0.39 is 22.4 Å². The van der Waals surface area contributed by atoms with Gasteiger partial charge in [0.2, 0.25) is 4.90 Å². The van der Waals surface area contributed by atoms with Crippen LogP contribution in [0.3, 0.4) is 0 Å². The van der Waals surface area contributed by atoms with Gasteiger partial charge in [0.15, 0.2) is 0 Å². The molecule has 0 saturated heterocycles. The fourth-order valence-corrected chi connectivity index (χ4v) is 6.16. The molecule has 0 fully saturated rings. The SMILES string of the molecule is CCn1cc(Cc2cc(C(C)(C)C)c(O)c(C(C)(C)C)c2)c([S+](C)[O-])c1[S+](C)[O-]. The maximum Gasteiger partial charge on any atom is 0.280 e. The highest BCUT2D eigenvalue weighted by molar-refractivity contribution is 7.93. The number of hydrogen-bond donors (Lipinski definition) is 1. The number of rotatable bonds is 5. The lowest BCUT2D eigenvalue weighted by molar-refractivity contribution is 0.423.